The highest BCUT2D eigenvalue weighted by Crippen LogP contribution is 2.41. The van der Waals surface area contributed by atoms with Crippen LogP contribution in [-0.4, -0.2) is 4.98 Å². The summed E-state index contributed by atoms with van der Waals surface area (Å²) in [6.45, 7) is 1.91. The highest BCUT2D eigenvalue weighted by atomic mass is 16.5. The number of benzene rings is 2. The fraction of sp³-hybridized carbons (Fsp3) is 0.208. The number of anilines is 1. The Kier molecular flexibility index (Phi) is 3.95. The van der Waals surface area contributed by atoms with Crippen LogP contribution in [0.15, 0.2) is 72.6 Å². The zero-order chi connectivity index (χ0) is 19.1. The van der Waals surface area contributed by atoms with Crippen LogP contribution in [0.1, 0.15) is 31.7 Å². The quantitative estimate of drug-likeness (QED) is 0.647. The Balaban J connectivity index is 1.62. The van der Waals surface area contributed by atoms with Gasteiger partial charge < -0.3 is 15.8 Å². The molecule has 0 unspecified atom stereocenters. The van der Waals surface area contributed by atoms with Gasteiger partial charge >= 0.3 is 0 Å². The number of nitrogens with two attached hydrogens (primary N) is 1. The highest BCUT2D eigenvalue weighted by Gasteiger charge is 2.34. The maximum atomic E-state index is 6.49. The van der Waals surface area contributed by atoms with E-state index >= 15 is 0 Å². The molecule has 140 valence electrons. The second-order valence-electron chi connectivity index (χ2n) is 7.69. The van der Waals surface area contributed by atoms with Gasteiger partial charge in [-0.05, 0) is 43.4 Å². The van der Waals surface area contributed by atoms with Crippen LogP contribution in [0.4, 0.5) is 5.69 Å². The lowest BCUT2D eigenvalue weighted by Crippen LogP contribution is -2.43. The van der Waals surface area contributed by atoms with Crippen LogP contribution in [0.25, 0.3) is 22.4 Å². The molecule has 1 fully saturated rings. The molecule has 2 aromatic carbocycles. The van der Waals surface area contributed by atoms with Gasteiger partial charge in [0, 0.05) is 22.9 Å². The summed E-state index contributed by atoms with van der Waals surface area (Å²) in [5.41, 5.74) is 12.6. The Labute approximate surface area is 165 Å². The largest absolute Gasteiger partial charge is 0.440 e. The van der Waals surface area contributed by atoms with Gasteiger partial charge in [0.25, 0.3) is 0 Å². The molecule has 1 saturated carbocycles. The SMILES string of the molecule is CC1=CNc2cc(-c3ccccc3)c(-c3ccc(C4(N)CCC4)cc3)nc2O1. The summed E-state index contributed by atoms with van der Waals surface area (Å²) in [5.74, 6) is 1.40. The monoisotopic (exact) mass is 369 g/mol. The second kappa shape index (κ2) is 6.50. The normalized spacial score (nSPS) is 16.9. The third-order valence-electron chi connectivity index (χ3n) is 5.74. The van der Waals surface area contributed by atoms with Crippen LogP contribution in [0.5, 0.6) is 5.88 Å². The van der Waals surface area contributed by atoms with E-state index in [4.69, 9.17) is 15.5 Å². The zero-order valence-electron chi connectivity index (χ0n) is 15.9. The molecule has 1 aliphatic heterocycles. The van der Waals surface area contributed by atoms with Crippen molar-refractivity contribution in [2.24, 2.45) is 5.73 Å². The topological polar surface area (TPSA) is 60.2 Å². The molecule has 0 spiro atoms. The number of ether oxygens (including phenoxy) is 1. The number of aromatic nitrogens is 1. The van der Waals surface area contributed by atoms with Crippen LogP contribution in [-0.2, 0) is 5.54 Å². The summed E-state index contributed by atoms with van der Waals surface area (Å²) in [6, 6.07) is 21.0. The van der Waals surface area contributed by atoms with E-state index in [-0.39, 0.29) is 5.54 Å². The van der Waals surface area contributed by atoms with E-state index in [9.17, 15) is 0 Å². The Bertz CT molecular complexity index is 1050. The van der Waals surface area contributed by atoms with Crippen LogP contribution < -0.4 is 15.8 Å². The molecule has 1 aliphatic carbocycles. The van der Waals surface area contributed by atoms with E-state index in [1.807, 2.05) is 31.3 Å². The molecular weight excluding hydrogens is 346 g/mol. The summed E-state index contributed by atoms with van der Waals surface area (Å²) in [6.07, 6.45) is 5.18. The molecule has 0 saturated heterocycles. The predicted octanol–water partition coefficient (Wildman–Crippen LogP) is 5.42. The first-order valence-electron chi connectivity index (χ1n) is 9.74. The van der Waals surface area contributed by atoms with Crippen LogP contribution in [0.3, 0.4) is 0 Å². The molecule has 28 heavy (non-hydrogen) atoms. The number of hydrogen-bond donors (Lipinski definition) is 2. The molecule has 2 heterocycles. The summed E-state index contributed by atoms with van der Waals surface area (Å²) in [7, 11) is 0. The molecular formula is C24H23N3O. The first-order chi connectivity index (χ1) is 13.6. The van der Waals surface area contributed by atoms with E-state index in [1.54, 1.807) is 0 Å². The summed E-state index contributed by atoms with van der Waals surface area (Å²) in [4.78, 5) is 4.88. The molecule has 3 aromatic rings. The number of nitrogens with one attached hydrogen (secondary N) is 1. The molecule has 5 rings (SSSR count). The van der Waals surface area contributed by atoms with Gasteiger partial charge in [0.05, 0.1) is 5.69 Å². The molecule has 0 radical (unpaired) electrons. The minimum Gasteiger partial charge on any atom is -0.440 e. The van der Waals surface area contributed by atoms with E-state index in [0.29, 0.717) is 5.88 Å². The lowest BCUT2D eigenvalue weighted by atomic mass is 9.72. The number of fused-ring (bicyclic) bond motifs is 1. The lowest BCUT2D eigenvalue weighted by Gasteiger charge is -2.38. The van der Waals surface area contributed by atoms with Gasteiger partial charge in [-0.1, -0.05) is 54.6 Å². The van der Waals surface area contributed by atoms with Gasteiger partial charge in [-0.3, -0.25) is 0 Å². The summed E-state index contributed by atoms with van der Waals surface area (Å²) < 4.78 is 5.86. The second-order valence-corrected chi connectivity index (χ2v) is 7.69. The van der Waals surface area contributed by atoms with Crippen molar-refractivity contribution in [3.05, 3.63) is 78.2 Å². The Hall–Kier alpha value is -3.11. The molecule has 0 amide bonds. The maximum Gasteiger partial charge on any atom is 0.243 e. The lowest BCUT2D eigenvalue weighted by molar-refractivity contribution is 0.253. The van der Waals surface area contributed by atoms with Gasteiger partial charge in [-0.25, -0.2) is 4.98 Å². The van der Waals surface area contributed by atoms with Gasteiger partial charge in [-0.15, -0.1) is 0 Å². The number of nitrogens with zero attached hydrogens (tertiary/aromatic N) is 1. The van der Waals surface area contributed by atoms with Crippen molar-refractivity contribution in [2.75, 3.05) is 5.32 Å². The fourth-order valence-electron chi connectivity index (χ4n) is 3.90. The number of pyridine rings is 1. The van der Waals surface area contributed by atoms with Gasteiger partial charge in [0.1, 0.15) is 11.4 Å². The molecule has 0 bridgehead atoms. The van der Waals surface area contributed by atoms with Gasteiger partial charge in [0.2, 0.25) is 5.88 Å². The number of rotatable bonds is 3. The first-order valence-corrected chi connectivity index (χ1v) is 9.74. The molecule has 4 heteroatoms. The molecule has 3 N–H and O–H groups in total. The van der Waals surface area contributed by atoms with Crippen molar-refractivity contribution in [3.63, 3.8) is 0 Å². The fourth-order valence-corrected chi connectivity index (χ4v) is 3.90. The van der Waals surface area contributed by atoms with Crippen LogP contribution in [0, 0.1) is 0 Å². The summed E-state index contributed by atoms with van der Waals surface area (Å²) in [5, 5.41) is 3.28. The summed E-state index contributed by atoms with van der Waals surface area (Å²) >= 11 is 0. The van der Waals surface area contributed by atoms with Crippen molar-refractivity contribution in [1.82, 2.24) is 4.98 Å². The van der Waals surface area contributed by atoms with Gasteiger partial charge in [-0.2, -0.15) is 0 Å². The maximum absolute atomic E-state index is 6.49. The Morgan fingerprint density at radius 2 is 1.75 bits per heavy atom. The standard InChI is InChI=1S/C24H23N3O/c1-16-15-26-21-14-20(17-6-3-2-4-7-17)22(27-23(21)28-16)18-8-10-19(11-9-18)24(25)12-5-13-24/h2-4,6-11,14-15,26H,5,12-13,25H2,1H3. The first kappa shape index (κ1) is 17.0. The molecule has 1 aromatic heterocycles. The van der Waals surface area contributed by atoms with E-state index < -0.39 is 0 Å². The molecule has 0 atom stereocenters. The van der Waals surface area contributed by atoms with Crippen molar-refractivity contribution >= 4 is 5.69 Å². The van der Waals surface area contributed by atoms with E-state index in [0.717, 1.165) is 46.7 Å². The van der Waals surface area contributed by atoms with Crippen LogP contribution in [0.2, 0.25) is 0 Å². The third kappa shape index (κ3) is 2.86. The van der Waals surface area contributed by atoms with Crippen molar-refractivity contribution in [3.8, 4) is 28.3 Å². The predicted molar refractivity (Wildman–Crippen MR) is 113 cm³/mol. The zero-order valence-corrected chi connectivity index (χ0v) is 15.9. The minimum absolute atomic E-state index is 0.154. The number of hydrogen-bond acceptors (Lipinski definition) is 4. The van der Waals surface area contributed by atoms with Crippen molar-refractivity contribution < 1.29 is 4.74 Å². The Morgan fingerprint density at radius 1 is 1.00 bits per heavy atom. The molecule has 4 nitrogen and oxygen atoms in total. The minimum atomic E-state index is -0.154. The van der Waals surface area contributed by atoms with Crippen LogP contribution >= 0.6 is 0 Å². The highest BCUT2D eigenvalue weighted by molar-refractivity contribution is 5.85. The van der Waals surface area contributed by atoms with Crippen molar-refractivity contribution in [1.29, 1.82) is 0 Å². The van der Waals surface area contributed by atoms with Crippen molar-refractivity contribution in [2.45, 2.75) is 31.7 Å². The smallest absolute Gasteiger partial charge is 0.243 e. The third-order valence-corrected chi connectivity index (χ3v) is 5.74. The average Bonchev–Trinajstić information content (AvgIpc) is 2.72. The number of allylic oxidation sites excluding steroid dienone is 1. The Morgan fingerprint density at radius 3 is 2.43 bits per heavy atom. The van der Waals surface area contributed by atoms with E-state index in [2.05, 4.69) is 47.8 Å². The van der Waals surface area contributed by atoms with Gasteiger partial charge in [0.15, 0.2) is 0 Å². The van der Waals surface area contributed by atoms with E-state index in [1.165, 1.54) is 12.0 Å². The molecule has 2 aliphatic rings. The average molecular weight is 369 g/mol.